The Balaban J connectivity index is 2.47. The van der Waals surface area contributed by atoms with Gasteiger partial charge in [-0.25, -0.2) is 4.98 Å². The van der Waals surface area contributed by atoms with Gasteiger partial charge in [0.25, 0.3) is 0 Å². The Kier molecular flexibility index (Phi) is 4.77. The third kappa shape index (κ3) is 3.55. The summed E-state index contributed by atoms with van der Waals surface area (Å²) in [6.07, 6.45) is -3.81. The van der Waals surface area contributed by atoms with Crippen LogP contribution in [0.4, 0.5) is 24.8 Å². The smallest absolute Gasteiger partial charge is 0.423 e. The van der Waals surface area contributed by atoms with Gasteiger partial charge in [-0.05, 0) is 17.5 Å². The lowest BCUT2D eigenvalue weighted by Gasteiger charge is -2.23. The van der Waals surface area contributed by atoms with E-state index in [0.29, 0.717) is 0 Å². The molecule has 0 saturated heterocycles. The molecule has 4 nitrogen and oxygen atoms in total. The highest BCUT2D eigenvalue weighted by atomic mass is 19.4. The maximum Gasteiger partial charge on any atom is 0.423 e. The van der Waals surface area contributed by atoms with Crippen molar-refractivity contribution in [1.82, 2.24) is 9.97 Å². The van der Waals surface area contributed by atoms with Gasteiger partial charge in [0.1, 0.15) is 5.56 Å². The number of aromatic nitrogens is 2. The highest BCUT2D eigenvalue weighted by Gasteiger charge is 2.36. The van der Waals surface area contributed by atoms with Crippen LogP contribution in [0, 0.1) is 0 Å². The molecule has 1 aromatic heterocycles. The average Bonchev–Trinajstić information content (AvgIpc) is 2.52. The van der Waals surface area contributed by atoms with Gasteiger partial charge in [-0.15, -0.1) is 0 Å². The molecule has 2 aromatic rings. The SMILES string of the molecule is COc1nc(N(C)c2ccccc2C(C)C)ncc1C(F)(F)F. The van der Waals surface area contributed by atoms with Crippen LogP contribution in [0.15, 0.2) is 30.5 Å². The number of methoxy groups -OCH3 is 1. The topological polar surface area (TPSA) is 38.2 Å². The quantitative estimate of drug-likeness (QED) is 0.835. The minimum absolute atomic E-state index is 0.142. The number of benzene rings is 1. The number of alkyl halides is 3. The van der Waals surface area contributed by atoms with Gasteiger partial charge in [0, 0.05) is 18.9 Å². The lowest BCUT2D eigenvalue weighted by Crippen LogP contribution is -2.17. The van der Waals surface area contributed by atoms with Gasteiger partial charge in [-0.3, -0.25) is 0 Å². The van der Waals surface area contributed by atoms with Crippen LogP contribution in [0.2, 0.25) is 0 Å². The summed E-state index contributed by atoms with van der Waals surface area (Å²) in [5, 5.41) is 0. The normalized spacial score (nSPS) is 11.7. The van der Waals surface area contributed by atoms with Gasteiger partial charge >= 0.3 is 6.18 Å². The van der Waals surface area contributed by atoms with E-state index >= 15 is 0 Å². The van der Waals surface area contributed by atoms with Crippen molar-refractivity contribution in [3.05, 3.63) is 41.6 Å². The van der Waals surface area contributed by atoms with Crippen molar-refractivity contribution in [3.63, 3.8) is 0 Å². The average molecular weight is 325 g/mol. The fraction of sp³-hybridized carbons (Fsp3) is 0.375. The molecule has 1 heterocycles. The van der Waals surface area contributed by atoms with Crippen molar-refractivity contribution in [2.75, 3.05) is 19.1 Å². The zero-order valence-corrected chi connectivity index (χ0v) is 13.3. The molecule has 0 unspecified atom stereocenters. The summed E-state index contributed by atoms with van der Waals surface area (Å²) in [5.41, 5.74) is 0.899. The summed E-state index contributed by atoms with van der Waals surface area (Å²) in [4.78, 5) is 9.40. The summed E-state index contributed by atoms with van der Waals surface area (Å²) < 4.78 is 43.4. The van der Waals surface area contributed by atoms with E-state index in [1.807, 2.05) is 38.1 Å². The molecule has 23 heavy (non-hydrogen) atoms. The fourth-order valence-corrected chi connectivity index (χ4v) is 2.26. The number of halogens is 3. The number of hydrogen-bond acceptors (Lipinski definition) is 4. The van der Waals surface area contributed by atoms with E-state index < -0.39 is 17.6 Å². The molecular formula is C16H18F3N3O. The maximum absolute atomic E-state index is 12.9. The Bertz CT molecular complexity index is 687. The summed E-state index contributed by atoms with van der Waals surface area (Å²) in [6, 6.07) is 7.63. The third-order valence-electron chi connectivity index (χ3n) is 3.46. The highest BCUT2D eigenvalue weighted by Crippen LogP contribution is 2.36. The van der Waals surface area contributed by atoms with E-state index in [0.717, 1.165) is 24.6 Å². The van der Waals surface area contributed by atoms with E-state index in [-0.39, 0.29) is 11.9 Å². The summed E-state index contributed by atoms with van der Waals surface area (Å²) in [6.45, 7) is 4.09. The second kappa shape index (κ2) is 6.44. The fourth-order valence-electron chi connectivity index (χ4n) is 2.26. The van der Waals surface area contributed by atoms with Crippen LogP contribution in [0.25, 0.3) is 0 Å². The standard InChI is InChI=1S/C16H18F3N3O/c1-10(2)11-7-5-6-8-13(11)22(3)15-20-9-12(16(17,18)19)14(21-15)23-4/h5-10H,1-4H3. The molecule has 0 saturated carbocycles. The molecule has 7 heteroatoms. The molecule has 2 rings (SSSR count). The lowest BCUT2D eigenvalue weighted by molar-refractivity contribution is -0.139. The summed E-state index contributed by atoms with van der Waals surface area (Å²) >= 11 is 0. The number of hydrogen-bond donors (Lipinski definition) is 0. The van der Waals surface area contributed by atoms with E-state index in [2.05, 4.69) is 9.97 Å². The van der Waals surface area contributed by atoms with Crippen LogP contribution in [0.5, 0.6) is 5.88 Å². The molecule has 0 N–H and O–H groups in total. The minimum atomic E-state index is -4.56. The first-order valence-electron chi connectivity index (χ1n) is 7.06. The Morgan fingerprint density at radius 3 is 2.39 bits per heavy atom. The van der Waals surface area contributed by atoms with Gasteiger partial charge in [-0.1, -0.05) is 32.0 Å². The highest BCUT2D eigenvalue weighted by molar-refractivity contribution is 5.62. The predicted octanol–water partition coefficient (Wildman–Crippen LogP) is 4.40. The van der Waals surface area contributed by atoms with Crippen molar-refractivity contribution in [1.29, 1.82) is 0 Å². The second-order valence-electron chi connectivity index (χ2n) is 5.36. The van der Waals surface area contributed by atoms with Crippen molar-refractivity contribution >= 4 is 11.6 Å². The zero-order valence-electron chi connectivity index (χ0n) is 13.3. The Hall–Kier alpha value is -2.31. The van der Waals surface area contributed by atoms with E-state index in [1.165, 1.54) is 0 Å². The molecule has 0 spiro atoms. The van der Waals surface area contributed by atoms with E-state index in [4.69, 9.17) is 4.74 Å². The molecular weight excluding hydrogens is 307 g/mol. The first kappa shape index (κ1) is 17.1. The predicted molar refractivity (Wildman–Crippen MR) is 82.2 cm³/mol. The zero-order chi connectivity index (χ0) is 17.2. The van der Waals surface area contributed by atoms with Crippen molar-refractivity contribution < 1.29 is 17.9 Å². The number of para-hydroxylation sites is 1. The molecule has 0 radical (unpaired) electrons. The molecule has 0 aliphatic heterocycles. The largest absolute Gasteiger partial charge is 0.480 e. The van der Waals surface area contributed by atoms with Crippen molar-refractivity contribution in [2.24, 2.45) is 0 Å². The van der Waals surface area contributed by atoms with E-state index in [1.54, 1.807) is 11.9 Å². The summed E-state index contributed by atoms with van der Waals surface area (Å²) in [5.74, 6) is -0.0932. The first-order valence-corrected chi connectivity index (χ1v) is 7.06. The van der Waals surface area contributed by atoms with E-state index in [9.17, 15) is 13.2 Å². The van der Waals surface area contributed by atoms with Crippen LogP contribution >= 0.6 is 0 Å². The monoisotopic (exact) mass is 325 g/mol. The number of rotatable bonds is 4. The molecule has 0 fully saturated rings. The molecule has 124 valence electrons. The molecule has 1 aromatic carbocycles. The van der Waals surface area contributed by atoms with Gasteiger partial charge < -0.3 is 9.64 Å². The maximum atomic E-state index is 12.9. The van der Waals surface area contributed by atoms with Crippen LogP contribution in [-0.2, 0) is 6.18 Å². The lowest BCUT2D eigenvalue weighted by atomic mass is 10.0. The van der Waals surface area contributed by atoms with Gasteiger partial charge in [-0.2, -0.15) is 18.2 Å². The van der Waals surface area contributed by atoms with Crippen molar-refractivity contribution in [2.45, 2.75) is 25.9 Å². The molecule has 0 atom stereocenters. The molecule has 0 aliphatic carbocycles. The van der Waals surface area contributed by atoms with Gasteiger partial charge in [0.2, 0.25) is 11.8 Å². The molecule has 0 amide bonds. The number of ether oxygens (including phenoxy) is 1. The summed E-state index contributed by atoms with van der Waals surface area (Å²) in [7, 11) is 2.87. The first-order chi connectivity index (χ1) is 10.8. The Morgan fingerprint density at radius 1 is 1.17 bits per heavy atom. The minimum Gasteiger partial charge on any atom is -0.480 e. The van der Waals surface area contributed by atoms with Gasteiger partial charge in [0.15, 0.2) is 0 Å². The van der Waals surface area contributed by atoms with Crippen molar-refractivity contribution in [3.8, 4) is 5.88 Å². The van der Waals surface area contributed by atoms with Gasteiger partial charge in [0.05, 0.1) is 7.11 Å². The van der Waals surface area contributed by atoms with Crippen LogP contribution < -0.4 is 9.64 Å². The number of nitrogens with zero attached hydrogens (tertiary/aromatic N) is 3. The third-order valence-corrected chi connectivity index (χ3v) is 3.46. The second-order valence-corrected chi connectivity index (χ2v) is 5.36. The van der Waals surface area contributed by atoms with Crippen LogP contribution in [-0.4, -0.2) is 24.1 Å². The molecule has 0 bridgehead atoms. The Labute approximate surface area is 132 Å². The van der Waals surface area contributed by atoms with Crippen LogP contribution in [0.3, 0.4) is 0 Å². The molecule has 0 aliphatic rings. The number of anilines is 2. The van der Waals surface area contributed by atoms with Crippen LogP contribution in [0.1, 0.15) is 30.9 Å². The Morgan fingerprint density at radius 2 is 1.83 bits per heavy atom.